The fourth-order valence-electron chi connectivity index (χ4n) is 3.23. The summed E-state index contributed by atoms with van der Waals surface area (Å²) < 4.78 is 0. The molecule has 0 aromatic heterocycles. The van der Waals surface area contributed by atoms with Crippen LogP contribution in [0.25, 0.3) is 0 Å². The molecule has 0 fully saturated rings. The van der Waals surface area contributed by atoms with Crippen LogP contribution in [0.4, 0.5) is 0 Å². The van der Waals surface area contributed by atoms with Crippen molar-refractivity contribution >= 4 is 11.9 Å². The van der Waals surface area contributed by atoms with E-state index in [9.17, 15) is 0 Å². The van der Waals surface area contributed by atoms with Gasteiger partial charge in [-0.15, -0.1) is 0 Å². The molecule has 0 radical (unpaired) electrons. The first kappa shape index (κ1) is 22.5. The first-order valence-electron chi connectivity index (χ1n) is 9.60. The minimum Gasteiger partial charge on any atom is -0.370 e. The third-order valence-electron chi connectivity index (χ3n) is 4.51. The van der Waals surface area contributed by atoms with Gasteiger partial charge in [-0.3, -0.25) is 0 Å². The van der Waals surface area contributed by atoms with Crippen molar-refractivity contribution < 1.29 is 0 Å². The molecule has 0 saturated carbocycles. The molecule has 0 heterocycles. The summed E-state index contributed by atoms with van der Waals surface area (Å²) in [6.45, 7) is 6.62. The topological polar surface area (TPSA) is 129 Å². The third kappa shape index (κ3) is 10.3. The molecule has 0 aliphatic rings. The van der Waals surface area contributed by atoms with E-state index in [-0.39, 0.29) is 11.9 Å². The molecule has 8 N–H and O–H groups in total. The molecule has 142 valence electrons. The molecular weight excluding hydrogens is 300 g/mol. The van der Waals surface area contributed by atoms with Gasteiger partial charge in [-0.05, 0) is 25.2 Å². The molecule has 24 heavy (non-hydrogen) atoms. The molecule has 6 nitrogen and oxygen atoms in total. The van der Waals surface area contributed by atoms with Crippen LogP contribution in [0.2, 0.25) is 0 Å². The summed E-state index contributed by atoms with van der Waals surface area (Å²) in [4.78, 5) is 8.97. The van der Waals surface area contributed by atoms with Crippen molar-refractivity contribution in [3.8, 4) is 0 Å². The van der Waals surface area contributed by atoms with Gasteiger partial charge >= 0.3 is 0 Å². The van der Waals surface area contributed by atoms with Gasteiger partial charge in [0.05, 0.1) is 0 Å². The van der Waals surface area contributed by atoms with Crippen molar-refractivity contribution in [2.24, 2.45) is 38.8 Å². The lowest BCUT2D eigenvalue weighted by molar-refractivity contribution is 0.280. The van der Waals surface area contributed by atoms with Gasteiger partial charge in [-0.25, -0.2) is 9.98 Å². The lowest BCUT2D eigenvalue weighted by atomic mass is 9.86. The number of guanidine groups is 2. The Kier molecular flexibility index (Phi) is 12.1. The molecule has 0 spiro atoms. The van der Waals surface area contributed by atoms with Crippen molar-refractivity contribution in [3.05, 3.63) is 0 Å². The van der Waals surface area contributed by atoms with Gasteiger partial charge in [0.25, 0.3) is 0 Å². The number of rotatable bonds is 14. The quantitative estimate of drug-likeness (QED) is 0.220. The second-order valence-corrected chi connectivity index (χ2v) is 6.84. The van der Waals surface area contributed by atoms with E-state index in [1.807, 2.05) is 0 Å². The SMILES string of the molecule is CCCCCCCC(CC(CC)CCCC)(N=C(N)N)N=C(N)N. The Morgan fingerprint density at radius 1 is 0.792 bits per heavy atom. The van der Waals surface area contributed by atoms with Crippen LogP contribution in [0, 0.1) is 5.92 Å². The minimum absolute atomic E-state index is 0.0545. The largest absolute Gasteiger partial charge is 0.370 e. The summed E-state index contributed by atoms with van der Waals surface area (Å²) >= 11 is 0. The Hall–Kier alpha value is -1.46. The molecule has 0 aromatic carbocycles. The van der Waals surface area contributed by atoms with Gasteiger partial charge in [-0.2, -0.15) is 0 Å². The monoisotopic (exact) mass is 340 g/mol. The van der Waals surface area contributed by atoms with Crippen molar-refractivity contribution in [3.63, 3.8) is 0 Å². The highest BCUT2D eigenvalue weighted by atomic mass is 15.2. The van der Waals surface area contributed by atoms with E-state index in [4.69, 9.17) is 22.9 Å². The normalized spacial score (nSPS) is 12.6. The number of nitrogens with zero attached hydrogens (tertiary/aromatic N) is 2. The second-order valence-electron chi connectivity index (χ2n) is 6.84. The molecule has 0 aromatic rings. The van der Waals surface area contributed by atoms with Crippen LogP contribution < -0.4 is 22.9 Å². The Morgan fingerprint density at radius 3 is 1.79 bits per heavy atom. The zero-order valence-corrected chi connectivity index (χ0v) is 16.1. The van der Waals surface area contributed by atoms with Crippen LogP contribution in [0.1, 0.15) is 91.4 Å². The van der Waals surface area contributed by atoms with Gasteiger partial charge < -0.3 is 22.9 Å². The first-order valence-corrected chi connectivity index (χ1v) is 9.60. The average molecular weight is 341 g/mol. The maximum absolute atomic E-state index is 5.70. The van der Waals surface area contributed by atoms with E-state index in [1.54, 1.807) is 0 Å². The molecule has 0 amide bonds. The summed E-state index contributed by atoms with van der Waals surface area (Å²) in [7, 11) is 0. The van der Waals surface area contributed by atoms with Crippen LogP contribution in [0.15, 0.2) is 9.98 Å². The van der Waals surface area contributed by atoms with Crippen molar-refractivity contribution in [1.82, 2.24) is 0 Å². The first-order chi connectivity index (χ1) is 11.4. The molecule has 1 unspecified atom stereocenters. The average Bonchev–Trinajstić information content (AvgIpc) is 2.50. The van der Waals surface area contributed by atoms with E-state index in [0.717, 1.165) is 38.5 Å². The standard InChI is InChI=1S/C18H40N6/c1-4-7-9-10-11-13-18(23-16(19)20,24-17(21)22)14-15(6-3)12-8-5-2/h15H,4-14H2,1-3H3,(H4,19,20,23)(H4,21,22,24). The molecule has 0 aliphatic carbocycles. The molecule has 6 heteroatoms. The fourth-order valence-corrected chi connectivity index (χ4v) is 3.23. The summed E-state index contributed by atoms with van der Waals surface area (Å²) in [6, 6.07) is 0. The smallest absolute Gasteiger partial charge is 0.188 e. The third-order valence-corrected chi connectivity index (χ3v) is 4.51. The van der Waals surface area contributed by atoms with Gasteiger partial charge in [0.15, 0.2) is 17.6 Å². The van der Waals surface area contributed by atoms with E-state index in [0.29, 0.717) is 5.92 Å². The summed E-state index contributed by atoms with van der Waals surface area (Å²) in [5, 5.41) is 0. The molecule has 0 bridgehead atoms. The van der Waals surface area contributed by atoms with Gasteiger partial charge in [0.2, 0.25) is 0 Å². The number of hydrogen-bond donors (Lipinski definition) is 4. The second kappa shape index (κ2) is 12.9. The Labute approximate surface area is 148 Å². The van der Waals surface area contributed by atoms with Crippen molar-refractivity contribution in [2.75, 3.05) is 0 Å². The Balaban J connectivity index is 5.18. The van der Waals surface area contributed by atoms with E-state index in [1.165, 1.54) is 32.1 Å². The van der Waals surface area contributed by atoms with Crippen molar-refractivity contribution in [1.29, 1.82) is 0 Å². The summed E-state index contributed by atoms with van der Waals surface area (Å²) in [6.07, 6.45) is 12.1. The van der Waals surface area contributed by atoms with E-state index < -0.39 is 5.66 Å². The zero-order valence-electron chi connectivity index (χ0n) is 16.1. The maximum atomic E-state index is 5.70. The number of unbranched alkanes of at least 4 members (excludes halogenated alkanes) is 5. The molecule has 0 aliphatic heterocycles. The maximum Gasteiger partial charge on any atom is 0.188 e. The molecule has 0 rings (SSSR count). The highest BCUT2D eigenvalue weighted by molar-refractivity contribution is 5.78. The predicted octanol–water partition coefficient (Wildman–Crippen LogP) is 3.20. The number of hydrogen-bond acceptors (Lipinski definition) is 2. The predicted molar refractivity (Wildman–Crippen MR) is 106 cm³/mol. The molecular formula is C18H40N6. The molecule has 1 atom stereocenters. The van der Waals surface area contributed by atoms with E-state index in [2.05, 4.69) is 30.8 Å². The number of aliphatic imine (C=N–C) groups is 2. The Bertz CT molecular complexity index is 352. The lowest BCUT2D eigenvalue weighted by Gasteiger charge is -2.30. The van der Waals surface area contributed by atoms with Crippen LogP contribution in [-0.2, 0) is 0 Å². The highest BCUT2D eigenvalue weighted by Crippen LogP contribution is 2.33. The summed E-state index contributed by atoms with van der Waals surface area (Å²) in [5.74, 6) is 0.629. The van der Waals surface area contributed by atoms with Gasteiger partial charge in [0.1, 0.15) is 0 Å². The van der Waals surface area contributed by atoms with Crippen LogP contribution in [0.3, 0.4) is 0 Å². The Morgan fingerprint density at radius 2 is 1.33 bits per heavy atom. The fraction of sp³-hybridized carbons (Fsp3) is 0.889. The summed E-state index contributed by atoms with van der Waals surface area (Å²) in [5.41, 5.74) is 22.1. The van der Waals surface area contributed by atoms with E-state index >= 15 is 0 Å². The van der Waals surface area contributed by atoms with Gasteiger partial charge in [-0.1, -0.05) is 72.1 Å². The number of nitrogens with two attached hydrogens (primary N) is 4. The van der Waals surface area contributed by atoms with Gasteiger partial charge in [0, 0.05) is 0 Å². The minimum atomic E-state index is -0.710. The highest BCUT2D eigenvalue weighted by Gasteiger charge is 2.32. The lowest BCUT2D eigenvalue weighted by Crippen LogP contribution is -2.38. The zero-order chi connectivity index (χ0) is 18.4. The van der Waals surface area contributed by atoms with Crippen molar-refractivity contribution in [2.45, 2.75) is 97.1 Å². The van der Waals surface area contributed by atoms with Crippen LogP contribution in [0.5, 0.6) is 0 Å². The van der Waals surface area contributed by atoms with Crippen LogP contribution in [-0.4, -0.2) is 17.6 Å². The molecule has 0 saturated heterocycles. The van der Waals surface area contributed by atoms with Crippen LogP contribution >= 0.6 is 0 Å².